The zero-order valence-corrected chi connectivity index (χ0v) is 18.5. The molecule has 32 heavy (non-hydrogen) atoms. The fourth-order valence-corrected chi connectivity index (χ4v) is 4.32. The van der Waals surface area contributed by atoms with Crippen LogP contribution in [0.4, 0.5) is 0 Å². The average Bonchev–Trinajstić information content (AvgIpc) is 3.37. The van der Waals surface area contributed by atoms with Crippen LogP contribution < -0.4 is 14.2 Å². The highest BCUT2D eigenvalue weighted by Crippen LogP contribution is 2.42. The number of ketones is 1. The van der Waals surface area contributed by atoms with Gasteiger partial charge in [0, 0.05) is 18.5 Å². The molecule has 0 aliphatic carbocycles. The fraction of sp³-hybridized carbons (Fsp3) is 0.360. The normalized spacial score (nSPS) is 19.1. The number of methoxy groups -OCH3 is 1. The molecule has 0 aromatic heterocycles. The zero-order chi connectivity index (χ0) is 22.8. The summed E-state index contributed by atoms with van der Waals surface area (Å²) in [6.07, 6.45) is 1.41. The molecule has 1 N–H and O–H groups in total. The number of carbonyl (C=O) groups excluding carboxylic acids is 2. The van der Waals surface area contributed by atoms with Crippen LogP contribution in [0.25, 0.3) is 5.76 Å². The standard InChI is InChI=1S/C25H27NO6/c1-4-11-26-22(16-6-9-19(31-5-2)20(14-16)30-3)21(24(28)25(26)29)23(27)17-7-8-18-15(13-17)10-12-32-18/h6-9,13-14,22,27H,4-5,10-12H2,1-3H3/b23-21+. The van der Waals surface area contributed by atoms with Crippen molar-refractivity contribution in [3.8, 4) is 17.2 Å². The first-order valence-corrected chi connectivity index (χ1v) is 10.8. The molecule has 2 aromatic rings. The van der Waals surface area contributed by atoms with E-state index >= 15 is 0 Å². The second-order valence-electron chi connectivity index (χ2n) is 7.76. The molecule has 168 valence electrons. The van der Waals surface area contributed by atoms with Crippen LogP contribution in [0.5, 0.6) is 17.2 Å². The summed E-state index contributed by atoms with van der Waals surface area (Å²) in [5, 5.41) is 11.2. The van der Waals surface area contributed by atoms with E-state index in [1.165, 1.54) is 12.0 Å². The number of hydrogen-bond donors (Lipinski definition) is 1. The van der Waals surface area contributed by atoms with Gasteiger partial charge in [-0.25, -0.2) is 0 Å². The Morgan fingerprint density at radius 1 is 1.16 bits per heavy atom. The minimum atomic E-state index is -0.718. The molecule has 2 heterocycles. The third kappa shape index (κ3) is 3.68. The molecule has 1 fully saturated rings. The van der Waals surface area contributed by atoms with Gasteiger partial charge in [-0.1, -0.05) is 13.0 Å². The first-order valence-electron chi connectivity index (χ1n) is 10.8. The van der Waals surface area contributed by atoms with Crippen LogP contribution in [-0.4, -0.2) is 48.6 Å². The number of nitrogens with zero attached hydrogens (tertiary/aromatic N) is 1. The third-order valence-corrected chi connectivity index (χ3v) is 5.77. The highest BCUT2D eigenvalue weighted by molar-refractivity contribution is 6.46. The number of benzene rings is 2. The van der Waals surface area contributed by atoms with Gasteiger partial charge in [0.15, 0.2) is 11.5 Å². The van der Waals surface area contributed by atoms with Gasteiger partial charge in [-0.05, 0) is 54.8 Å². The Morgan fingerprint density at radius 3 is 2.69 bits per heavy atom. The maximum Gasteiger partial charge on any atom is 0.295 e. The van der Waals surface area contributed by atoms with Gasteiger partial charge in [-0.2, -0.15) is 0 Å². The Morgan fingerprint density at radius 2 is 1.97 bits per heavy atom. The summed E-state index contributed by atoms with van der Waals surface area (Å²) in [7, 11) is 1.54. The summed E-state index contributed by atoms with van der Waals surface area (Å²) >= 11 is 0. The second kappa shape index (κ2) is 8.94. The van der Waals surface area contributed by atoms with Crippen molar-refractivity contribution >= 4 is 17.4 Å². The van der Waals surface area contributed by atoms with Crippen LogP contribution in [0, 0.1) is 0 Å². The highest BCUT2D eigenvalue weighted by Gasteiger charge is 2.46. The van der Waals surface area contributed by atoms with Gasteiger partial charge in [0.25, 0.3) is 11.7 Å². The van der Waals surface area contributed by atoms with E-state index in [1.54, 1.807) is 30.3 Å². The van der Waals surface area contributed by atoms with E-state index in [-0.39, 0.29) is 11.3 Å². The largest absolute Gasteiger partial charge is 0.507 e. The predicted molar refractivity (Wildman–Crippen MR) is 119 cm³/mol. The number of hydrogen-bond acceptors (Lipinski definition) is 6. The number of ether oxygens (including phenoxy) is 3. The van der Waals surface area contributed by atoms with Gasteiger partial charge in [0.2, 0.25) is 0 Å². The maximum atomic E-state index is 13.1. The third-order valence-electron chi connectivity index (χ3n) is 5.77. The minimum absolute atomic E-state index is 0.0773. The molecule has 1 amide bonds. The Hall–Kier alpha value is -3.48. The van der Waals surface area contributed by atoms with Crippen LogP contribution in [0.3, 0.4) is 0 Å². The molecule has 0 radical (unpaired) electrons. The summed E-state index contributed by atoms with van der Waals surface area (Å²) in [5.41, 5.74) is 2.21. The lowest BCUT2D eigenvalue weighted by molar-refractivity contribution is -0.139. The second-order valence-corrected chi connectivity index (χ2v) is 7.76. The van der Waals surface area contributed by atoms with E-state index in [2.05, 4.69) is 0 Å². The zero-order valence-electron chi connectivity index (χ0n) is 18.5. The molecule has 2 aromatic carbocycles. The highest BCUT2D eigenvalue weighted by atomic mass is 16.5. The van der Waals surface area contributed by atoms with E-state index in [0.717, 1.165) is 17.7 Å². The molecule has 0 saturated carbocycles. The van der Waals surface area contributed by atoms with Crippen LogP contribution in [0.2, 0.25) is 0 Å². The van der Waals surface area contributed by atoms with Crippen molar-refractivity contribution in [2.75, 3.05) is 26.9 Å². The average molecular weight is 437 g/mol. The number of fused-ring (bicyclic) bond motifs is 1. The van der Waals surface area contributed by atoms with Gasteiger partial charge in [-0.3, -0.25) is 9.59 Å². The van der Waals surface area contributed by atoms with Gasteiger partial charge in [0.1, 0.15) is 11.5 Å². The van der Waals surface area contributed by atoms with E-state index in [4.69, 9.17) is 14.2 Å². The summed E-state index contributed by atoms with van der Waals surface area (Å²) in [5.74, 6) is 0.363. The topological polar surface area (TPSA) is 85.3 Å². The molecule has 2 aliphatic rings. The van der Waals surface area contributed by atoms with Crippen molar-refractivity contribution in [3.63, 3.8) is 0 Å². The lowest BCUT2D eigenvalue weighted by atomic mass is 9.94. The Balaban J connectivity index is 1.85. The summed E-state index contributed by atoms with van der Waals surface area (Å²) in [6.45, 7) is 5.28. The summed E-state index contributed by atoms with van der Waals surface area (Å²) in [4.78, 5) is 27.5. The minimum Gasteiger partial charge on any atom is -0.507 e. The van der Waals surface area contributed by atoms with E-state index < -0.39 is 17.7 Å². The van der Waals surface area contributed by atoms with Crippen LogP contribution in [-0.2, 0) is 16.0 Å². The smallest absolute Gasteiger partial charge is 0.295 e. The van der Waals surface area contributed by atoms with Gasteiger partial charge in [0.05, 0.1) is 31.9 Å². The number of aliphatic hydroxyl groups is 1. The monoisotopic (exact) mass is 437 g/mol. The Bertz CT molecular complexity index is 1090. The number of rotatable bonds is 7. The summed E-state index contributed by atoms with van der Waals surface area (Å²) < 4.78 is 16.6. The van der Waals surface area contributed by atoms with Crippen LogP contribution in [0.1, 0.15) is 43.0 Å². The van der Waals surface area contributed by atoms with Crippen molar-refractivity contribution in [1.29, 1.82) is 0 Å². The van der Waals surface area contributed by atoms with Crippen LogP contribution in [0.15, 0.2) is 42.0 Å². The maximum absolute atomic E-state index is 13.1. The lowest BCUT2D eigenvalue weighted by Crippen LogP contribution is -2.30. The van der Waals surface area contributed by atoms with Gasteiger partial charge >= 0.3 is 0 Å². The number of carbonyl (C=O) groups is 2. The number of aliphatic hydroxyl groups excluding tert-OH is 1. The van der Waals surface area contributed by atoms with Crippen molar-refractivity contribution < 1.29 is 28.9 Å². The number of Topliss-reactive ketones (excluding diaryl/α,β-unsaturated/α-hetero) is 1. The molecule has 1 unspecified atom stereocenters. The molecule has 0 bridgehead atoms. The SMILES string of the molecule is CCCN1C(=O)C(=O)/C(=C(/O)c2ccc3c(c2)CCO3)C1c1ccc(OCC)c(OC)c1. The summed E-state index contributed by atoms with van der Waals surface area (Å²) in [6, 6.07) is 9.92. The van der Waals surface area contributed by atoms with E-state index in [0.29, 0.717) is 48.8 Å². The molecule has 4 rings (SSSR count). The van der Waals surface area contributed by atoms with E-state index in [9.17, 15) is 14.7 Å². The Labute approximate surface area is 187 Å². The molecule has 1 saturated heterocycles. The quantitative estimate of drug-likeness (QED) is 0.402. The lowest BCUT2D eigenvalue weighted by Gasteiger charge is -2.25. The van der Waals surface area contributed by atoms with Crippen molar-refractivity contribution in [2.24, 2.45) is 0 Å². The van der Waals surface area contributed by atoms with Gasteiger partial charge < -0.3 is 24.2 Å². The first-order chi connectivity index (χ1) is 15.5. The molecule has 0 spiro atoms. The molecule has 7 heteroatoms. The molecular formula is C25H27NO6. The molecular weight excluding hydrogens is 410 g/mol. The number of amides is 1. The van der Waals surface area contributed by atoms with Crippen molar-refractivity contribution in [3.05, 3.63) is 58.7 Å². The predicted octanol–water partition coefficient (Wildman–Crippen LogP) is 3.86. The molecule has 2 aliphatic heterocycles. The first kappa shape index (κ1) is 21.7. The molecule has 7 nitrogen and oxygen atoms in total. The number of likely N-dealkylation sites (tertiary alicyclic amines) is 1. The fourth-order valence-electron chi connectivity index (χ4n) is 4.32. The van der Waals surface area contributed by atoms with Crippen LogP contribution >= 0.6 is 0 Å². The molecule has 1 atom stereocenters. The Kier molecular flexibility index (Phi) is 6.08. The van der Waals surface area contributed by atoms with Crippen molar-refractivity contribution in [1.82, 2.24) is 4.90 Å². The van der Waals surface area contributed by atoms with Crippen molar-refractivity contribution in [2.45, 2.75) is 32.7 Å². The van der Waals surface area contributed by atoms with E-state index in [1.807, 2.05) is 19.9 Å². The van der Waals surface area contributed by atoms with Gasteiger partial charge in [-0.15, -0.1) is 0 Å².